The van der Waals surface area contributed by atoms with Gasteiger partial charge in [0.2, 0.25) is 0 Å². The molecule has 0 aliphatic heterocycles. The minimum Gasteiger partial charge on any atom is -0.282 e. The summed E-state index contributed by atoms with van der Waals surface area (Å²) in [5, 5.41) is 7.22. The maximum Gasteiger partial charge on any atom is 0.0656 e. The first-order valence-corrected chi connectivity index (χ1v) is 4.11. The molecule has 0 bridgehead atoms. The molecule has 0 radical (unpaired) electrons. The number of aromatic amines is 1. The Morgan fingerprint density at radius 3 is 2.36 bits per heavy atom. The Bertz CT molecular complexity index is 236. The summed E-state index contributed by atoms with van der Waals surface area (Å²) in [4.78, 5) is 0. The van der Waals surface area contributed by atoms with Crippen molar-refractivity contribution in [1.29, 1.82) is 0 Å². The number of hydrogen-bond acceptors (Lipinski definition) is 1. The predicted molar refractivity (Wildman–Crippen MR) is 46.6 cm³/mol. The quantitative estimate of drug-likeness (QED) is 0.691. The van der Waals surface area contributed by atoms with Crippen LogP contribution in [-0.4, -0.2) is 10.2 Å². The van der Waals surface area contributed by atoms with Crippen LogP contribution in [0, 0.1) is 19.8 Å². The maximum absolute atomic E-state index is 4.23. The van der Waals surface area contributed by atoms with Gasteiger partial charge in [-0.3, -0.25) is 5.10 Å². The number of hydrogen-bond donors (Lipinski definition) is 1. The number of nitrogens with one attached hydrogen (secondary N) is 1. The molecule has 2 heteroatoms. The van der Waals surface area contributed by atoms with E-state index in [0.29, 0.717) is 5.92 Å². The molecular weight excluding hydrogens is 136 g/mol. The van der Waals surface area contributed by atoms with Crippen LogP contribution in [0.4, 0.5) is 0 Å². The Kier molecular flexibility index (Phi) is 2.32. The largest absolute Gasteiger partial charge is 0.282 e. The molecule has 1 N–H and O–H groups in total. The van der Waals surface area contributed by atoms with Crippen molar-refractivity contribution in [2.24, 2.45) is 5.92 Å². The zero-order valence-electron chi connectivity index (χ0n) is 7.73. The van der Waals surface area contributed by atoms with E-state index >= 15 is 0 Å². The minimum atomic E-state index is 0.691. The van der Waals surface area contributed by atoms with Crippen LogP contribution in [0.3, 0.4) is 0 Å². The molecule has 11 heavy (non-hydrogen) atoms. The SMILES string of the molecule is Cc1[nH]nc(CC(C)C)c1C. The molecule has 0 spiro atoms. The van der Waals surface area contributed by atoms with E-state index in [1.807, 2.05) is 0 Å². The van der Waals surface area contributed by atoms with E-state index in [9.17, 15) is 0 Å². The first-order chi connectivity index (χ1) is 5.11. The fourth-order valence-corrected chi connectivity index (χ4v) is 1.12. The Labute approximate surface area is 68.0 Å². The van der Waals surface area contributed by atoms with Crippen molar-refractivity contribution in [3.8, 4) is 0 Å². The lowest BCUT2D eigenvalue weighted by atomic mass is 10.0. The smallest absolute Gasteiger partial charge is 0.0656 e. The van der Waals surface area contributed by atoms with Gasteiger partial charge in [0.1, 0.15) is 0 Å². The van der Waals surface area contributed by atoms with Gasteiger partial charge in [0.15, 0.2) is 0 Å². The van der Waals surface area contributed by atoms with Crippen molar-refractivity contribution in [1.82, 2.24) is 10.2 Å². The van der Waals surface area contributed by atoms with Gasteiger partial charge in [-0.15, -0.1) is 0 Å². The molecule has 0 amide bonds. The normalized spacial score (nSPS) is 11.0. The minimum absolute atomic E-state index is 0.691. The van der Waals surface area contributed by atoms with Crippen LogP contribution in [0.15, 0.2) is 0 Å². The number of H-pyrrole nitrogens is 1. The third kappa shape index (κ3) is 1.82. The van der Waals surface area contributed by atoms with E-state index < -0.39 is 0 Å². The molecule has 1 rings (SSSR count). The van der Waals surface area contributed by atoms with Crippen LogP contribution < -0.4 is 0 Å². The molecule has 0 unspecified atom stereocenters. The van der Waals surface area contributed by atoms with Crippen molar-refractivity contribution in [2.45, 2.75) is 34.1 Å². The Morgan fingerprint density at radius 2 is 2.00 bits per heavy atom. The number of rotatable bonds is 2. The average molecular weight is 152 g/mol. The molecule has 62 valence electrons. The van der Waals surface area contributed by atoms with E-state index in [-0.39, 0.29) is 0 Å². The second-order valence-electron chi connectivity index (χ2n) is 3.52. The topological polar surface area (TPSA) is 28.7 Å². The van der Waals surface area contributed by atoms with Crippen molar-refractivity contribution < 1.29 is 0 Å². The molecule has 1 aromatic heterocycles. The lowest BCUT2D eigenvalue weighted by Gasteiger charge is -2.00. The van der Waals surface area contributed by atoms with Gasteiger partial charge in [0.05, 0.1) is 5.69 Å². The highest BCUT2D eigenvalue weighted by atomic mass is 15.1. The Hall–Kier alpha value is -0.790. The van der Waals surface area contributed by atoms with Gasteiger partial charge in [-0.1, -0.05) is 13.8 Å². The van der Waals surface area contributed by atoms with Crippen LogP contribution in [0.2, 0.25) is 0 Å². The van der Waals surface area contributed by atoms with Crippen LogP contribution in [0.1, 0.15) is 30.8 Å². The van der Waals surface area contributed by atoms with Gasteiger partial charge < -0.3 is 0 Å². The zero-order valence-corrected chi connectivity index (χ0v) is 7.73. The molecule has 0 aliphatic rings. The van der Waals surface area contributed by atoms with Gasteiger partial charge in [-0.25, -0.2) is 0 Å². The fraction of sp³-hybridized carbons (Fsp3) is 0.667. The van der Waals surface area contributed by atoms with Crippen LogP contribution >= 0.6 is 0 Å². The summed E-state index contributed by atoms with van der Waals surface area (Å²) >= 11 is 0. The lowest BCUT2D eigenvalue weighted by Crippen LogP contribution is -1.96. The highest BCUT2D eigenvalue weighted by molar-refractivity contribution is 5.22. The van der Waals surface area contributed by atoms with Crippen molar-refractivity contribution in [3.63, 3.8) is 0 Å². The van der Waals surface area contributed by atoms with E-state index in [1.54, 1.807) is 0 Å². The zero-order chi connectivity index (χ0) is 8.43. The summed E-state index contributed by atoms with van der Waals surface area (Å²) in [6, 6.07) is 0. The molecule has 0 atom stereocenters. The average Bonchev–Trinajstić information content (AvgIpc) is 2.18. The Morgan fingerprint density at radius 1 is 1.36 bits per heavy atom. The first kappa shape index (κ1) is 8.31. The van der Waals surface area contributed by atoms with Gasteiger partial charge in [-0.05, 0) is 31.7 Å². The number of aromatic nitrogens is 2. The molecule has 0 aromatic carbocycles. The van der Waals surface area contributed by atoms with Gasteiger partial charge in [0.25, 0.3) is 0 Å². The number of nitrogens with zero attached hydrogens (tertiary/aromatic N) is 1. The standard InChI is InChI=1S/C9H16N2/c1-6(2)5-9-7(3)8(4)10-11-9/h6H,5H2,1-4H3,(H,10,11). The summed E-state index contributed by atoms with van der Waals surface area (Å²) in [6.07, 6.45) is 1.08. The second-order valence-corrected chi connectivity index (χ2v) is 3.52. The molecule has 2 nitrogen and oxygen atoms in total. The molecule has 1 heterocycles. The molecule has 0 aliphatic carbocycles. The third-order valence-corrected chi connectivity index (χ3v) is 1.96. The van der Waals surface area contributed by atoms with Gasteiger partial charge >= 0.3 is 0 Å². The maximum atomic E-state index is 4.23. The van der Waals surface area contributed by atoms with Crippen molar-refractivity contribution >= 4 is 0 Å². The molecule has 0 saturated carbocycles. The van der Waals surface area contributed by atoms with Crippen LogP contribution in [0.5, 0.6) is 0 Å². The van der Waals surface area contributed by atoms with Gasteiger partial charge in [0, 0.05) is 5.69 Å². The molecule has 1 aromatic rings. The summed E-state index contributed by atoms with van der Waals surface area (Å²) in [5.41, 5.74) is 3.73. The Balaban J connectivity index is 2.79. The third-order valence-electron chi connectivity index (χ3n) is 1.96. The summed E-state index contributed by atoms with van der Waals surface area (Å²) in [6.45, 7) is 8.61. The first-order valence-electron chi connectivity index (χ1n) is 4.11. The van der Waals surface area contributed by atoms with Crippen molar-refractivity contribution in [2.75, 3.05) is 0 Å². The lowest BCUT2D eigenvalue weighted by molar-refractivity contribution is 0.631. The van der Waals surface area contributed by atoms with Gasteiger partial charge in [-0.2, -0.15) is 5.10 Å². The summed E-state index contributed by atoms with van der Waals surface area (Å²) in [7, 11) is 0. The monoisotopic (exact) mass is 152 g/mol. The van der Waals surface area contributed by atoms with E-state index in [1.165, 1.54) is 17.0 Å². The predicted octanol–water partition coefficient (Wildman–Crippen LogP) is 2.23. The van der Waals surface area contributed by atoms with Crippen LogP contribution in [-0.2, 0) is 6.42 Å². The van der Waals surface area contributed by atoms with E-state index in [0.717, 1.165) is 6.42 Å². The highest BCUT2D eigenvalue weighted by Gasteiger charge is 2.06. The van der Waals surface area contributed by atoms with Crippen molar-refractivity contribution in [3.05, 3.63) is 17.0 Å². The fourth-order valence-electron chi connectivity index (χ4n) is 1.12. The molecule has 0 fully saturated rings. The summed E-state index contributed by atoms with van der Waals surface area (Å²) in [5.74, 6) is 0.691. The summed E-state index contributed by atoms with van der Waals surface area (Å²) < 4.78 is 0. The molecular formula is C9H16N2. The van der Waals surface area contributed by atoms with E-state index in [2.05, 4.69) is 37.9 Å². The van der Waals surface area contributed by atoms with Crippen LogP contribution in [0.25, 0.3) is 0 Å². The second kappa shape index (κ2) is 3.07. The molecule has 0 saturated heterocycles. The highest BCUT2D eigenvalue weighted by Crippen LogP contribution is 2.12. The number of aryl methyl sites for hydroxylation is 1. The van der Waals surface area contributed by atoms with E-state index in [4.69, 9.17) is 0 Å².